The Hall–Kier alpha value is -1.31. The smallest absolute Gasteiger partial charge is 0.306 e. The fourth-order valence-electron chi connectivity index (χ4n) is 2.21. The highest BCUT2D eigenvalue weighted by molar-refractivity contribution is 5.70. The summed E-state index contributed by atoms with van der Waals surface area (Å²) in [5.74, 6) is -0.0400. The Morgan fingerprint density at radius 3 is 2.75 bits per heavy atom. The molecule has 1 atom stereocenters. The third-order valence-corrected chi connectivity index (χ3v) is 3.23. The summed E-state index contributed by atoms with van der Waals surface area (Å²) in [5.41, 5.74) is 1.07. The standard InChI is InChI=1S/C14H18O2/c1-14(10-5-8-13(15)16-14)11-9-12-6-3-2-4-7-12/h2-4,6-7H,5,8-11H2,1H3. The van der Waals surface area contributed by atoms with Crippen molar-refractivity contribution >= 4 is 5.97 Å². The van der Waals surface area contributed by atoms with Gasteiger partial charge in [0.15, 0.2) is 0 Å². The van der Waals surface area contributed by atoms with Crippen molar-refractivity contribution in [3.8, 4) is 0 Å². The van der Waals surface area contributed by atoms with Gasteiger partial charge in [0.05, 0.1) is 0 Å². The number of benzene rings is 1. The summed E-state index contributed by atoms with van der Waals surface area (Å²) in [6.45, 7) is 2.05. The van der Waals surface area contributed by atoms with Crippen LogP contribution >= 0.6 is 0 Å². The van der Waals surface area contributed by atoms with E-state index in [0.717, 1.165) is 25.7 Å². The summed E-state index contributed by atoms with van der Waals surface area (Å²) in [5, 5.41) is 0. The molecule has 1 aromatic rings. The van der Waals surface area contributed by atoms with Gasteiger partial charge in [0.1, 0.15) is 5.60 Å². The van der Waals surface area contributed by atoms with E-state index in [9.17, 15) is 4.79 Å². The molecule has 1 aromatic carbocycles. The van der Waals surface area contributed by atoms with E-state index in [1.807, 2.05) is 25.1 Å². The molecule has 0 N–H and O–H groups in total. The summed E-state index contributed by atoms with van der Waals surface area (Å²) < 4.78 is 5.46. The molecule has 1 aliphatic rings. The lowest BCUT2D eigenvalue weighted by atomic mass is 9.89. The van der Waals surface area contributed by atoms with Crippen LogP contribution in [0.4, 0.5) is 0 Å². The third-order valence-electron chi connectivity index (χ3n) is 3.23. The van der Waals surface area contributed by atoms with Gasteiger partial charge in [0.25, 0.3) is 0 Å². The number of cyclic esters (lactones) is 1. The highest BCUT2D eigenvalue weighted by Crippen LogP contribution is 2.29. The molecule has 86 valence electrons. The molecule has 1 unspecified atom stereocenters. The highest BCUT2D eigenvalue weighted by atomic mass is 16.6. The van der Waals surface area contributed by atoms with E-state index in [0.29, 0.717) is 6.42 Å². The van der Waals surface area contributed by atoms with Crippen molar-refractivity contribution in [1.82, 2.24) is 0 Å². The molecule has 1 aliphatic heterocycles. The Bertz CT molecular complexity index is 358. The molecule has 2 heteroatoms. The van der Waals surface area contributed by atoms with Crippen LogP contribution in [0.25, 0.3) is 0 Å². The Morgan fingerprint density at radius 2 is 2.06 bits per heavy atom. The monoisotopic (exact) mass is 218 g/mol. The molecule has 2 nitrogen and oxygen atoms in total. The Labute approximate surface area is 96.6 Å². The van der Waals surface area contributed by atoms with Crippen LogP contribution in [0.2, 0.25) is 0 Å². The number of aryl methyl sites for hydroxylation is 1. The number of hydrogen-bond donors (Lipinski definition) is 0. The van der Waals surface area contributed by atoms with E-state index < -0.39 is 0 Å². The lowest BCUT2D eigenvalue weighted by molar-refractivity contribution is -0.165. The fourth-order valence-corrected chi connectivity index (χ4v) is 2.21. The second kappa shape index (κ2) is 4.69. The Morgan fingerprint density at radius 1 is 1.31 bits per heavy atom. The van der Waals surface area contributed by atoms with Crippen molar-refractivity contribution in [2.75, 3.05) is 0 Å². The van der Waals surface area contributed by atoms with Gasteiger partial charge in [-0.1, -0.05) is 30.3 Å². The summed E-state index contributed by atoms with van der Waals surface area (Å²) in [7, 11) is 0. The zero-order chi connectivity index (χ0) is 11.4. The quantitative estimate of drug-likeness (QED) is 0.729. The zero-order valence-electron chi connectivity index (χ0n) is 9.74. The minimum Gasteiger partial charge on any atom is -0.459 e. The van der Waals surface area contributed by atoms with E-state index in [4.69, 9.17) is 4.74 Å². The number of rotatable bonds is 3. The second-order valence-corrected chi connectivity index (χ2v) is 4.76. The van der Waals surface area contributed by atoms with Crippen molar-refractivity contribution < 1.29 is 9.53 Å². The largest absolute Gasteiger partial charge is 0.459 e. The normalized spacial score (nSPS) is 25.2. The predicted molar refractivity (Wildman–Crippen MR) is 63.1 cm³/mol. The lowest BCUT2D eigenvalue weighted by Gasteiger charge is -2.33. The zero-order valence-corrected chi connectivity index (χ0v) is 9.74. The van der Waals surface area contributed by atoms with Crippen LogP contribution in [-0.2, 0) is 16.0 Å². The number of hydrogen-bond acceptors (Lipinski definition) is 2. The summed E-state index contributed by atoms with van der Waals surface area (Å²) in [6, 6.07) is 10.4. The van der Waals surface area contributed by atoms with Crippen molar-refractivity contribution in [3.05, 3.63) is 35.9 Å². The first-order valence-electron chi connectivity index (χ1n) is 5.94. The summed E-state index contributed by atoms with van der Waals surface area (Å²) in [4.78, 5) is 11.3. The topological polar surface area (TPSA) is 26.3 Å². The van der Waals surface area contributed by atoms with Crippen LogP contribution in [0, 0.1) is 0 Å². The van der Waals surface area contributed by atoms with Gasteiger partial charge in [-0.15, -0.1) is 0 Å². The highest BCUT2D eigenvalue weighted by Gasteiger charge is 2.31. The molecular formula is C14H18O2. The van der Waals surface area contributed by atoms with Gasteiger partial charge in [-0.05, 0) is 38.2 Å². The maximum Gasteiger partial charge on any atom is 0.306 e. The van der Waals surface area contributed by atoms with E-state index in [1.165, 1.54) is 5.56 Å². The van der Waals surface area contributed by atoms with Crippen LogP contribution in [-0.4, -0.2) is 11.6 Å². The first-order valence-corrected chi connectivity index (χ1v) is 5.94. The number of esters is 1. The molecule has 1 saturated heterocycles. The molecule has 0 radical (unpaired) electrons. The average molecular weight is 218 g/mol. The molecule has 1 fully saturated rings. The van der Waals surface area contributed by atoms with Gasteiger partial charge < -0.3 is 4.74 Å². The average Bonchev–Trinajstić information content (AvgIpc) is 2.28. The number of ether oxygens (including phenoxy) is 1. The maximum atomic E-state index is 11.3. The minimum absolute atomic E-state index is 0.0400. The van der Waals surface area contributed by atoms with Crippen LogP contribution in [0.5, 0.6) is 0 Å². The number of carbonyl (C=O) groups excluding carboxylic acids is 1. The summed E-state index contributed by atoms with van der Waals surface area (Å²) >= 11 is 0. The van der Waals surface area contributed by atoms with E-state index >= 15 is 0 Å². The van der Waals surface area contributed by atoms with Gasteiger partial charge in [-0.3, -0.25) is 4.79 Å². The van der Waals surface area contributed by atoms with Gasteiger partial charge in [-0.25, -0.2) is 0 Å². The van der Waals surface area contributed by atoms with E-state index in [2.05, 4.69) is 12.1 Å². The van der Waals surface area contributed by atoms with Crippen molar-refractivity contribution in [2.24, 2.45) is 0 Å². The SMILES string of the molecule is CC1(CCc2ccccc2)CCCC(=O)O1. The Kier molecular flexibility index (Phi) is 3.28. The number of carbonyl (C=O) groups is 1. The summed E-state index contributed by atoms with van der Waals surface area (Å²) in [6.07, 6.45) is 4.43. The molecule has 0 saturated carbocycles. The van der Waals surface area contributed by atoms with E-state index in [-0.39, 0.29) is 11.6 Å². The van der Waals surface area contributed by atoms with Gasteiger partial charge in [0.2, 0.25) is 0 Å². The molecule has 0 amide bonds. The minimum atomic E-state index is -0.245. The maximum absolute atomic E-state index is 11.3. The first kappa shape index (κ1) is 11.2. The molecule has 0 bridgehead atoms. The molecule has 1 heterocycles. The Balaban J connectivity index is 1.91. The molecular weight excluding hydrogens is 200 g/mol. The van der Waals surface area contributed by atoms with Crippen molar-refractivity contribution in [2.45, 2.75) is 44.6 Å². The molecule has 2 rings (SSSR count). The predicted octanol–water partition coefficient (Wildman–Crippen LogP) is 3.11. The molecule has 0 aliphatic carbocycles. The second-order valence-electron chi connectivity index (χ2n) is 4.76. The first-order chi connectivity index (χ1) is 7.68. The van der Waals surface area contributed by atoms with Gasteiger partial charge in [-0.2, -0.15) is 0 Å². The fraction of sp³-hybridized carbons (Fsp3) is 0.500. The molecule has 0 spiro atoms. The van der Waals surface area contributed by atoms with Crippen LogP contribution in [0.15, 0.2) is 30.3 Å². The van der Waals surface area contributed by atoms with Crippen LogP contribution < -0.4 is 0 Å². The van der Waals surface area contributed by atoms with Crippen molar-refractivity contribution in [1.29, 1.82) is 0 Å². The van der Waals surface area contributed by atoms with Crippen LogP contribution in [0.3, 0.4) is 0 Å². The van der Waals surface area contributed by atoms with E-state index in [1.54, 1.807) is 0 Å². The molecule has 0 aromatic heterocycles. The van der Waals surface area contributed by atoms with Gasteiger partial charge in [0, 0.05) is 6.42 Å². The third kappa shape index (κ3) is 2.84. The van der Waals surface area contributed by atoms with Gasteiger partial charge >= 0.3 is 5.97 Å². The lowest BCUT2D eigenvalue weighted by Crippen LogP contribution is -2.36. The van der Waals surface area contributed by atoms with Crippen LogP contribution in [0.1, 0.15) is 38.2 Å². The molecule has 16 heavy (non-hydrogen) atoms. The van der Waals surface area contributed by atoms with Crippen molar-refractivity contribution in [3.63, 3.8) is 0 Å².